The molecular formula is C23H33NO3. The van der Waals surface area contributed by atoms with Gasteiger partial charge in [-0.25, -0.2) is 4.79 Å². The normalized spacial score (nSPS) is 27.5. The minimum absolute atomic E-state index is 0.206. The van der Waals surface area contributed by atoms with Crippen molar-refractivity contribution in [3.63, 3.8) is 0 Å². The summed E-state index contributed by atoms with van der Waals surface area (Å²) in [5.41, 5.74) is 0.307. The molecule has 3 aliphatic carbocycles. The molecule has 0 aromatic carbocycles. The van der Waals surface area contributed by atoms with E-state index in [9.17, 15) is 9.90 Å². The minimum Gasteiger partial charge on any atom is -0.444 e. The van der Waals surface area contributed by atoms with E-state index in [1.807, 2.05) is 20.8 Å². The third kappa shape index (κ3) is 5.13. The van der Waals surface area contributed by atoms with Crippen molar-refractivity contribution in [2.75, 3.05) is 0 Å². The maximum Gasteiger partial charge on any atom is 0.408 e. The van der Waals surface area contributed by atoms with Gasteiger partial charge in [-0.2, -0.15) is 0 Å². The summed E-state index contributed by atoms with van der Waals surface area (Å²) in [5.74, 6) is 0.663. The predicted octanol–water partition coefficient (Wildman–Crippen LogP) is 4.82. The zero-order valence-corrected chi connectivity index (χ0v) is 16.8. The fourth-order valence-electron chi connectivity index (χ4n) is 4.18. The summed E-state index contributed by atoms with van der Waals surface area (Å²) in [6.45, 7) is 5.65. The molecule has 3 atom stereocenters. The molecule has 3 aliphatic rings. The molecule has 2 N–H and O–H groups in total. The Labute approximate surface area is 163 Å². The monoisotopic (exact) mass is 371 g/mol. The van der Waals surface area contributed by atoms with Gasteiger partial charge in [0.15, 0.2) is 0 Å². The number of hydrogen-bond donors (Lipinski definition) is 2. The van der Waals surface area contributed by atoms with Crippen molar-refractivity contribution >= 4 is 6.09 Å². The molecule has 1 saturated carbocycles. The van der Waals surface area contributed by atoms with Gasteiger partial charge in [0.2, 0.25) is 0 Å². The van der Waals surface area contributed by atoms with Gasteiger partial charge in [0.1, 0.15) is 5.60 Å². The van der Waals surface area contributed by atoms with E-state index in [4.69, 9.17) is 4.74 Å². The Morgan fingerprint density at radius 3 is 2.59 bits per heavy atom. The van der Waals surface area contributed by atoms with Crippen molar-refractivity contribution in [2.24, 2.45) is 11.8 Å². The maximum atomic E-state index is 12.3. The molecule has 1 amide bonds. The molecule has 27 heavy (non-hydrogen) atoms. The summed E-state index contributed by atoms with van der Waals surface area (Å²) in [4.78, 5) is 12.3. The number of aliphatic hydroxyl groups is 1. The number of hydrogen-bond acceptors (Lipinski definition) is 3. The van der Waals surface area contributed by atoms with Crippen LogP contribution in [0, 0.1) is 11.8 Å². The SMILES string of the molecule is CC(C)(C)OC(=O)NC1(C2C=CC(C(O)CC3C=CC=CC3)=CC2)CCC1. The number of amides is 1. The number of aliphatic hydroxyl groups excluding tert-OH is 1. The van der Waals surface area contributed by atoms with Crippen LogP contribution in [0.5, 0.6) is 0 Å². The fourth-order valence-corrected chi connectivity index (χ4v) is 4.18. The van der Waals surface area contributed by atoms with Crippen LogP contribution in [0.4, 0.5) is 4.79 Å². The molecule has 3 rings (SSSR count). The molecule has 0 saturated heterocycles. The lowest BCUT2D eigenvalue weighted by Gasteiger charge is -2.48. The van der Waals surface area contributed by atoms with E-state index < -0.39 is 11.7 Å². The molecule has 0 aliphatic heterocycles. The second-order valence-electron chi connectivity index (χ2n) is 9.10. The Morgan fingerprint density at radius 1 is 1.30 bits per heavy atom. The van der Waals surface area contributed by atoms with Crippen molar-refractivity contribution in [1.82, 2.24) is 5.32 Å². The van der Waals surface area contributed by atoms with Gasteiger partial charge in [0, 0.05) is 11.5 Å². The quantitative estimate of drug-likeness (QED) is 0.728. The Hall–Kier alpha value is -1.81. The molecule has 0 radical (unpaired) electrons. The van der Waals surface area contributed by atoms with Crippen LogP contribution in [0.3, 0.4) is 0 Å². The molecule has 0 spiro atoms. The second kappa shape index (κ2) is 8.05. The van der Waals surface area contributed by atoms with E-state index in [1.54, 1.807) is 0 Å². The average Bonchev–Trinajstić information content (AvgIpc) is 2.58. The summed E-state index contributed by atoms with van der Waals surface area (Å²) < 4.78 is 5.46. The topological polar surface area (TPSA) is 58.6 Å². The molecule has 4 nitrogen and oxygen atoms in total. The summed E-state index contributed by atoms with van der Waals surface area (Å²) >= 11 is 0. The van der Waals surface area contributed by atoms with Crippen molar-refractivity contribution in [2.45, 2.75) is 76.5 Å². The molecule has 1 fully saturated rings. The summed E-state index contributed by atoms with van der Waals surface area (Å²) in [6, 6.07) is 0. The first-order chi connectivity index (χ1) is 12.8. The van der Waals surface area contributed by atoms with E-state index in [0.717, 1.165) is 44.1 Å². The van der Waals surface area contributed by atoms with Crippen LogP contribution >= 0.6 is 0 Å². The lowest BCUT2D eigenvalue weighted by Crippen LogP contribution is -2.58. The third-order valence-electron chi connectivity index (χ3n) is 5.81. The zero-order valence-electron chi connectivity index (χ0n) is 16.8. The van der Waals surface area contributed by atoms with Crippen LogP contribution in [-0.2, 0) is 4.74 Å². The lowest BCUT2D eigenvalue weighted by atomic mass is 9.65. The Bertz CT molecular complexity index is 662. The van der Waals surface area contributed by atoms with Gasteiger partial charge in [0.25, 0.3) is 0 Å². The lowest BCUT2D eigenvalue weighted by molar-refractivity contribution is 0.0314. The average molecular weight is 372 g/mol. The van der Waals surface area contributed by atoms with Gasteiger partial charge in [0.05, 0.1) is 6.10 Å². The van der Waals surface area contributed by atoms with E-state index in [2.05, 4.69) is 47.8 Å². The molecule has 4 heteroatoms. The molecule has 0 aromatic heterocycles. The van der Waals surface area contributed by atoms with Gasteiger partial charge in [-0.05, 0) is 70.8 Å². The first kappa shape index (κ1) is 19.9. The fraction of sp³-hybridized carbons (Fsp3) is 0.609. The van der Waals surface area contributed by atoms with Gasteiger partial charge in [-0.1, -0.05) is 42.5 Å². The van der Waals surface area contributed by atoms with Crippen molar-refractivity contribution in [3.05, 3.63) is 48.1 Å². The van der Waals surface area contributed by atoms with E-state index in [-0.39, 0.29) is 17.6 Å². The van der Waals surface area contributed by atoms with Crippen LogP contribution < -0.4 is 5.32 Å². The number of nitrogens with one attached hydrogen (secondary N) is 1. The van der Waals surface area contributed by atoms with Crippen LogP contribution in [0.15, 0.2) is 48.1 Å². The number of ether oxygens (including phenoxy) is 1. The Balaban J connectivity index is 1.56. The van der Waals surface area contributed by atoms with Gasteiger partial charge in [-0.15, -0.1) is 0 Å². The van der Waals surface area contributed by atoms with Crippen molar-refractivity contribution in [3.8, 4) is 0 Å². The standard InChI is InChI=1S/C23H33NO3/c1-22(2,3)27-21(26)24-23(14-7-15-23)19-12-10-18(11-13-19)20(25)16-17-8-5-4-6-9-17/h4-6,8,10-12,17,19-20,25H,7,9,13-16H2,1-3H3,(H,24,26). The predicted molar refractivity (Wildman–Crippen MR) is 108 cm³/mol. The molecular weight excluding hydrogens is 338 g/mol. The highest BCUT2D eigenvalue weighted by atomic mass is 16.6. The first-order valence-corrected chi connectivity index (χ1v) is 10.2. The summed E-state index contributed by atoms with van der Waals surface area (Å²) in [7, 11) is 0. The highest BCUT2D eigenvalue weighted by Crippen LogP contribution is 2.43. The summed E-state index contributed by atoms with van der Waals surface area (Å²) in [5, 5.41) is 13.7. The Morgan fingerprint density at radius 2 is 2.07 bits per heavy atom. The highest BCUT2D eigenvalue weighted by Gasteiger charge is 2.45. The van der Waals surface area contributed by atoms with Gasteiger partial charge in [-0.3, -0.25) is 0 Å². The van der Waals surface area contributed by atoms with Crippen molar-refractivity contribution in [1.29, 1.82) is 0 Å². The minimum atomic E-state index is -0.489. The van der Waals surface area contributed by atoms with Crippen LogP contribution in [0.1, 0.15) is 59.3 Å². The van der Waals surface area contributed by atoms with E-state index in [0.29, 0.717) is 5.92 Å². The molecule has 0 aromatic rings. The number of rotatable bonds is 5. The highest BCUT2D eigenvalue weighted by molar-refractivity contribution is 5.69. The Kier molecular flexibility index (Phi) is 5.95. The van der Waals surface area contributed by atoms with Crippen LogP contribution in [0.2, 0.25) is 0 Å². The number of allylic oxidation sites excluding steroid dienone is 5. The third-order valence-corrected chi connectivity index (χ3v) is 5.81. The van der Waals surface area contributed by atoms with Gasteiger partial charge >= 0.3 is 6.09 Å². The van der Waals surface area contributed by atoms with Crippen molar-refractivity contribution < 1.29 is 14.6 Å². The number of alkyl carbamates (subject to hydrolysis) is 1. The summed E-state index contributed by atoms with van der Waals surface area (Å²) in [6.07, 6.45) is 19.7. The van der Waals surface area contributed by atoms with E-state index >= 15 is 0 Å². The van der Waals surface area contributed by atoms with Gasteiger partial charge < -0.3 is 15.2 Å². The van der Waals surface area contributed by atoms with E-state index in [1.165, 1.54) is 0 Å². The number of carbonyl (C=O) groups is 1. The number of carbonyl (C=O) groups excluding carboxylic acids is 1. The second-order valence-corrected chi connectivity index (χ2v) is 9.10. The largest absolute Gasteiger partial charge is 0.444 e. The molecule has 0 heterocycles. The molecule has 148 valence electrons. The zero-order chi connectivity index (χ0) is 19.5. The first-order valence-electron chi connectivity index (χ1n) is 10.2. The molecule has 3 unspecified atom stereocenters. The van der Waals surface area contributed by atoms with Crippen LogP contribution in [0.25, 0.3) is 0 Å². The molecule has 0 bridgehead atoms. The smallest absolute Gasteiger partial charge is 0.408 e. The maximum absolute atomic E-state index is 12.3. The van der Waals surface area contributed by atoms with Crippen LogP contribution in [-0.4, -0.2) is 28.4 Å².